The monoisotopic (exact) mass is 251 g/mol. The standard InChI is InChI=1S/C13H17NO2S/c1-13(8-10-17(15,16)11-13)14-9-7-12-5-3-2-4-6-12/h2-6,9H,7-8,10-11H2,1H3/t13-/m1/s1. The van der Waals surface area contributed by atoms with E-state index in [2.05, 4.69) is 4.99 Å². The van der Waals surface area contributed by atoms with Crippen molar-refractivity contribution in [2.45, 2.75) is 25.3 Å². The van der Waals surface area contributed by atoms with E-state index in [1.165, 1.54) is 5.56 Å². The van der Waals surface area contributed by atoms with E-state index in [9.17, 15) is 8.42 Å². The Morgan fingerprint density at radius 3 is 2.65 bits per heavy atom. The second-order valence-electron chi connectivity index (χ2n) is 4.84. The molecule has 0 unspecified atom stereocenters. The van der Waals surface area contributed by atoms with Gasteiger partial charge in [0.25, 0.3) is 0 Å². The zero-order valence-electron chi connectivity index (χ0n) is 9.96. The summed E-state index contributed by atoms with van der Waals surface area (Å²) in [7, 11) is -2.86. The van der Waals surface area contributed by atoms with Crippen molar-refractivity contribution in [1.82, 2.24) is 0 Å². The fourth-order valence-corrected chi connectivity index (χ4v) is 4.14. The van der Waals surface area contributed by atoms with E-state index in [0.29, 0.717) is 6.42 Å². The van der Waals surface area contributed by atoms with Crippen molar-refractivity contribution in [2.75, 3.05) is 11.5 Å². The molecule has 0 amide bonds. The number of hydrogen-bond donors (Lipinski definition) is 0. The number of aliphatic imine (C=N–C) groups is 1. The van der Waals surface area contributed by atoms with E-state index >= 15 is 0 Å². The SMILES string of the molecule is C[C@@]1(N=CCc2ccccc2)CCS(=O)(=O)C1. The van der Waals surface area contributed by atoms with E-state index in [1.54, 1.807) is 0 Å². The van der Waals surface area contributed by atoms with Crippen molar-refractivity contribution in [2.24, 2.45) is 4.99 Å². The Labute approximate surface area is 103 Å². The predicted molar refractivity (Wildman–Crippen MR) is 70.3 cm³/mol. The summed E-state index contributed by atoms with van der Waals surface area (Å²) in [6, 6.07) is 10.0. The zero-order valence-corrected chi connectivity index (χ0v) is 10.8. The molecule has 1 aliphatic rings. The lowest BCUT2D eigenvalue weighted by molar-refractivity contribution is 0.535. The zero-order chi connectivity index (χ0) is 12.4. The van der Waals surface area contributed by atoms with Crippen molar-refractivity contribution < 1.29 is 8.42 Å². The lowest BCUT2D eigenvalue weighted by Crippen LogP contribution is -2.23. The summed E-state index contributed by atoms with van der Waals surface area (Å²) in [4.78, 5) is 4.44. The molecule has 0 aliphatic carbocycles. The first kappa shape index (κ1) is 12.3. The van der Waals surface area contributed by atoms with Crippen LogP contribution in [0.25, 0.3) is 0 Å². The van der Waals surface area contributed by atoms with E-state index in [1.807, 2.05) is 43.5 Å². The van der Waals surface area contributed by atoms with Gasteiger partial charge in [-0.1, -0.05) is 30.3 Å². The Hall–Kier alpha value is -1.16. The van der Waals surface area contributed by atoms with Crippen LogP contribution in [0.15, 0.2) is 35.3 Å². The summed E-state index contributed by atoms with van der Waals surface area (Å²) in [5, 5.41) is 0. The van der Waals surface area contributed by atoms with E-state index in [-0.39, 0.29) is 11.5 Å². The largest absolute Gasteiger partial charge is 0.290 e. The summed E-state index contributed by atoms with van der Waals surface area (Å²) >= 11 is 0. The molecule has 1 fully saturated rings. The van der Waals surface area contributed by atoms with E-state index in [4.69, 9.17) is 0 Å². The van der Waals surface area contributed by atoms with Crippen LogP contribution in [0, 0.1) is 0 Å². The predicted octanol–water partition coefficient (Wildman–Crippen LogP) is 1.88. The first-order valence-corrected chi connectivity index (χ1v) is 7.59. The summed E-state index contributed by atoms with van der Waals surface area (Å²) < 4.78 is 22.8. The molecule has 92 valence electrons. The topological polar surface area (TPSA) is 46.5 Å². The molecule has 0 radical (unpaired) electrons. The van der Waals surface area contributed by atoms with Gasteiger partial charge in [0.15, 0.2) is 9.84 Å². The second kappa shape index (κ2) is 4.61. The van der Waals surface area contributed by atoms with Crippen molar-refractivity contribution in [1.29, 1.82) is 0 Å². The maximum Gasteiger partial charge on any atom is 0.152 e. The van der Waals surface area contributed by atoms with Gasteiger partial charge in [-0.15, -0.1) is 0 Å². The quantitative estimate of drug-likeness (QED) is 0.770. The minimum atomic E-state index is -2.86. The highest BCUT2D eigenvalue weighted by Gasteiger charge is 2.37. The molecule has 4 heteroatoms. The van der Waals surface area contributed by atoms with Gasteiger partial charge in [-0.05, 0) is 18.9 Å². The fourth-order valence-electron chi connectivity index (χ4n) is 2.08. The molecule has 1 heterocycles. The Balaban J connectivity index is 1.98. The van der Waals surface area contributed by atoms with Crippen LogP contribution in [-0.2, 0) is 16.3 Å². The Morgan fingerprint density at radius 1 is 1.35 bits per heavy atom. The fraction of sp³-hybridized carbons (Fsp3) is 0.462. The van der Waals surface area contributed by atoms with Gasteiger partial charge in [-0.25, -0.2) is 8.42 Å². The second-order valence-corrected chi connectivity index (χ2v) is 7.02. The molecule has 1 aliphatic heterocycles. The third-order valence-electron chi connectivity index (χ3n) is 3.06. The lowest BCUT2D eigenvalue weighted by atomic mass is 10.0. The third kappa shape index (κ3) is 3.40. The lowest BCUT2D eigenvalue weighted by Gasteiger charge is -2.15. The average molecular weight is 251 g/mol. The number of sulfone groups is 1. The molecule has 1 saturated heterocycles. The first-order chi connectivity index (χ1) is 7.99. The normalized spacial score (nSPS) is 27.6. The van der Waals surface area contributed by atoms with Gasteiger partial charge in [0.05, 0.1) is 17.0 Å². The number of benzene rings is 1. The molecular weight excluding hydrogens is 234 g/mol. The van der Waals surface area contributed by atoms with E-state index < -0.39 is 15.4 Å². The highest BCUT2D eigenvalue weighted by molar-refractivity contribution is 7.91. The van der Waals surface area contributed by atoms with Crippen LogP contribution in [0.4, 0.5) is 0 Å². The van der Waals surface area contributed by atoms with Crippen molar-refractivity contribution in [3.8, 4) is 0 Å². The van der Waals surface area contributed by atoms with Crippen LogP contribution < -0.4 is 0 Å². The molecule has 1 aromatic carbocycles. The molecule has 0 bridgehead atoms. The van der Waals surface area contributed by atoms with E-state index in [0.717, 1.165) is 6.42 Å². The molecule has 2 rings (SSSR count). The Bertz CT molecular complexity index is 507. The van der Waals surface area contributed by atoms with Gasteiger partial charge in [-0.2, -0.15) is 0 Å². The van der Waals surface area contributed by atoms with Crippen molar-refractivity contribution in [3.63, 3.8) is 0 Å². The Kier molecular flexibility index (Phi) is 3.33. The number of nitrogens with zero attached hydrogens (tertiary/aromatic N) is 1. The highest BCUT2D eigenvalue weighted by atomic mass is 32.2. The summed E-state index contributed by atoms with van der Waals surface area (Å²) in [5.74, 6) is 0.456. The first-order valence-electron chi connectivity index (χ1n) is 5.77. The molecule has 3 nitrogen and oxygen atoms in total. The highest BCUT2D eigenvalue weighted by Crippen LogP contribution is 2.26. The minimum absolute atomic E-state index is 0.186. The summed E-state index contributed by atoms with van der Waals surface area (Å²) in [6.07, 6.45) is 3.24. The maximum absolute atomic E-state index is 11.4. The van der Waals surface area contributed by atoms with Crippen LogP contribution in [0.3, 0.4) is 0 Å². The van der Waals surface area contributed by atoms with Gasteiger partial charge in [0.2, 0.25) is 0 Å². The number of rotatable bonds is 3. The summed E-state index contributed by atoms with van der Waals surface area (Å²) in [6.45, 7) is 1.92. The smallest absolute Gasteiger partial charge is 0.152 e. The van der Waals surface area contributed by atoms with Gasteiger partial charge in [0.1, 0.15) is 0 Å². The summed E-state index contributed by atoms with van der Waals surface area (Å²) in [5.41, 5.74) is 0.786. The third-order valence-corrected chi connectivity index (χ3v) is 4.94. The molecule has 1 aromatic rings. The maximum atomic E-state index is 11.4. The van der Waals surface area contributed by atoms with Gasteiger partial charge in [0, 0.05) is 12.6 Å². The van der Waals surface area contributed by atoms with Crippen LogP contribution >= 0.6 is 0 Å². The molecule has 17 heavy (non-hydrogen) atoms. The molecular formula is C13H17NO2S. The van der Waals surface area contributed by atoms with Crippen LogP contribution in [-0.4, -0.2) is 31.7 Å². The van der Waals surface area contributed by atoms with Crippen molar-refractivity contribution >= 4 is 16.1 Å². The van der Waals surface area contributed by atoms with Crippen LogP contribution in [0.1, 0.15) is 18.9 Å². The average Bonchev–Trinajstić information content (AvgIpc) is 2.55. The molecule has 1 atom stereocenters. The van der Waals surface area contributed by atoms with Crippen LogP contribution in [0.5, 0.6) is 0 Å². The Morgan fingerprint density at radius 2 is 2.06 bits per heavy atom. The minimum Gasteiger partial charge on any atom is -0.290 e. The van der Waals surface area contributed by atoms with Crippen molar-refractivity contribution in [3.05, 3.63) is 35.9 Å². The molecule has 0 spiro atoms. The van der Waals surface area contributed by atoms with Crippen LogP contribution in [0.2, 0.25) is 0 Å². The molecule has 0 N–H and O–H groups in total. The molecule has 0 aromatic heterocycles. The number of hydrogen-bond acceptors (Lipinski definition) is 3. The molecule has 0 saturated carbocycles. The van der Waals surface area contributed by atoms with Gasteiger partial charge in [-0.3, -0.25) is 4.99 Å². The van der Waals surface area contributed by atoms with Gasteiger partial charge >= 0.3 is 0 Å². The van der Waals surface area contributed by atoms with Gasteiger partial charge < -0.3 is 0 Å².